The molecule has 0 spiro atoms. The van der Waals surface area contributed by atoms with E-state index in [1.54, 1.807) is 11.8 Å². The first-order valence-electron chi connectivity index (χ1n) is 7.84. The molecule has 0 radical (unpaired) electrons. The topological polar surface area (TPSA) is 76.6 Å². The summed E-state index contributed by atoms with van der Waals surface area (Å²) in [5.41, 5.74) is -0.557. The van der Waals surface area contributed by atoms with Crippen LogP contribution in [0, 0.1) is 0 Å². The van der Waals surface area contributed by atoms with Gasteiger partial charge in [0.05, 0.1) is 5.69 Å². The van der Waals surface area contributed by atoms with E-state index < -0.39 is 17.1 Å². The van der Waals surface area contributed by atoms with Gasteiger partial charge in [0.2, 0.25) is 5.88 Å². The highest BCUT2D eigenvalue weighted by Crippen LogP contribution is 2.34. The van der Waals surface area contributed by atoms with Crippen LogP contribution in [-0.4, -0.2) is 20.5 Å². The lowest BCUT2D eigenvalue weighted by Gasteiger charge is -2.08. The Labute approximate surface area is 154 Å². The largest absolute Gasteiger partial charge is 0.494 e. The number of aliphatic imine (C=N–C) groups is 1. The van der Waals surface area contributed by atoms with Gasteiger partial charge in [-0.3, -0.25) is 18.9 Å². The summed E-state index contributed by atoms with van der Waals surface area (Å²) in [5.74, 6) is -0.407. The summed E-state index contributed by atoms with van der Waals surface area (Å²) in [6, 6.07) is 17.4. The zero-order valence-electron chi connectivity index (χ0n) is 14.3. The van der Waals surface area contributed by atoms with Crippen LogP contribution in [0.2, 0.25) is 0 Å². The molecule has 0 amide bonds. The van der Waals surface area contributed by atoms with Gasteiger partial charge in [0.25, 0.3) is 5.56 Å². The van der Waals surface area contributed by atoms with Gasteiger partial charge < -0.3 is 5.11 Å². The lowest BCUT2D eigenvalue weighted by Crippen LogP contribution is -2.38. The fourth-order valence-corrected chi connectivity index (χ4v) is 3.29. The summed E-state index contributed by atoms with van der Waals surface area (Å²) in [7, 11) is 2.76. The normalized spacial score (nSPS) is 11.2. The number of aromatic hydroxyl groups is 1. The van der Waals surface area contributed by atoms with Gasteiger partial charge in [0.15, 0.2) is 0 Å². The molecule has 0 aliphatic rings. The molecule has 132 valence electrons. The highest BCUT2D eigenvalue weighted by atomic mass is 32.2. The van der Waals surface area contributed by atoms with E-state index in [2.05, 4.69) is 4.99 Å². The summed E-state index contributed by atoms with van der Waals surface area (Å²) in [6.07, 6.45) is 1.29. The maximum absolute atomic E-state index is 12.3. The number of nitrogens with zero attached hydrogens (tertiary/aromatic N) is 3. The summed E-state index contributed by atoms with van der Waals surface area (Å²) in [5, 5.41) is 10.1. The molecule has 1 heterocycles. The first-order chi connectivity index (χ1) is 12.5. The third kappa shape index (κ3) is 3.48. The molecule has 1 N–H and O–H groups in total. The molecule has 0 saturated carbocycles. The van der Waals surface area contributed by atoms with Crippen molar-refractivity contribution in [3.8, 4) is 5.88 Å². The number of aromatic nitrogens is 2. The Hall–Kier alpha value is -3.06. The third-order valence-electron chi connectivity index (χ3n) is 3.84. The van der Waals surface area contributed by atoms with Gasteiger partial charge in [0, 0.05) is 30.1 Å². The van der Waals surface area contributed by atoms with Crippen LogP contribution in [0.25, 0.3) is 0 Å². The average molecular weight is 367 g/mol. The predicted molar refractivity (Wildman–Crippen MR) is 103 cm³/mol. The van der Waals surface area contributed by atoms with Crippen molar-refractivity contribution in [2.45, 2.75) is 9.79 Å². The average Bonchev–Trinajstić information content (AvgIpc) is 2.67. The molecule has 3 rings (SSSR count). The molecule has 7 heteroatoms. The molecule has 0 saturated heterocycles. The minimum atomic E-state index is -0.595. The number of rotatable bonds is 4. The van der Waals surface area contributed by atoms with Gasteiger partial charge >= 0.3 is 5.69 Å². The lowest BCUT2D eigenvalue weighted by molar-refractivity contribution is 0.410. The predicted octanol–water partition coefficient (Wildman–Crippen LogP) is 2.69. The molecular formula is C19H17N3O3S. The smallest absolute Gasteiger partial charge is 0.333 e. The lowest BCUT2D eigenvalue weighted by atomic mass is 10.3. The molecule has 0 aliphatic heterocycles. The van der Waals surface area contributed by atoms with Crippen molar-refractivity contribution in [2.75, 3.05) is 0 Å². The first-order valence-corrected chi connectivity index (χ1v) is 8.65. The molecule has 1 aromatic heterocycles. The maximum atomic E-state index is 12.3. The van der Waals surface area contributed by atoms with Crippen LogP contribution >= 0.6 is 11.8 Å². The van der Waals surface area contributed by atoms with Crippen molar-refractivity contribution >= 4 is 23.7 Å². The summed E-state index contributed by atoms with van der Waals surface area (Å²) >= 11 is 1.55. The maximum Gasteiger partial charge on any atom is 0.333 e. The minimum Gasteiger partial charge on any atom is -0.494 e. The molecule has 0 unspecified atom stereocenters. The van der Waals surface area contributed by atoms with Crippen molar-refractivity contribution in [3.63, 3.8) is 0 Å². The van der Waals surface area contributed by atoms with Gasteiger partial charge in [-0.1, -0.05) is 42.1 Å². The Kier molecular flexibility index (Phi) is 5.09. The van der Waals surface area contributed by atoms with E-state index in [0.29, 0.717) is 5.69 Å². The standard InChI is InChI=1S/C19H17N3O3S/c1-21-17(23)14(18(24)22(2)19(21)25)12-20-15-10-6-7-11-16(15)26-13-8-4-3-5-9-13/h3-12,23H,1-2H3. The van der Waals surface area contributed by atoms with E-state index in [-0.39, 0.29) is 5.56 Å². The number of benzene rings is 2. The van der Waals surface area contributed by atoms with Crippen molar-refractivity contribution < 1.29 is 5.11 Å². The number of hydrogen-bond donors (Lipinski definition) is 1. The monoisotopic (exact) mass is 367 g/mol. The van der Waals surface area contributed by atoms with Crippen molar-refractivity contribution in [1.29, 1.82) is 0 Å². The molecule has 3 aromatic rings. The fourth-order valence-electron chi connectivity index (χ4n) is 2.37. The Bertz CT molecular complexity index is 1090. The quantitative estimate of drug-likeness (QED) is 0.720. The van der Waals surface area contributed by atoms with E-state index in [1.165, 1.54) is 20.3 Å². The van der Waals surface area contributed by atoms with Crippen LogP contribution in [0.4, 0.5) is 5.69 Å². The van der Waals surface area contributed by atoms with Gasteiger partial charge in [-0.25, -0.2) is 4.79 Å². The van der Waals surface area contributed by atoms with E-state index in [0.717, 1.165) is 18.9 Å². The second-order valence-electron chi connectivity index (χ2n) is 5.58. The molecule has 26 heavy (non-hydrogen) atoms. The van der Waals surface area contributed by atoms with Crippen LogP contribution in [0.15, 0.2) is 79.0 Å². The van der Waals surface area contributed by atoms with Crippen molar-refractivity contribution in [3.05, 3.63) is 81.0 Å². The molecule has 0 bridgehead atoms. The third-order valence-corrected chi connectivity index (χ3v) is 4.91. The molecule has 2 aromatic carbocycles. The molecule has 0 aliphatic carbocycles. The van der Waals surface area contributed by atoms with Gasteiger partial charge in [-0.2, -0.15) is 0 Å². The van der Waals surface area contributed by atoms with Gasteiger partial charge in [-0.15, -0.1) is 0 Å². The zero-order valence-corrected chi connectivity index (χ0v) is 15.1. The Balaban J connectivity index is 2.01. The van der Waals surface area contributed by atoms with Crippen LogP contribution in [0.5, 0.6) is 5.88 Å². The summed E-state index contributed by atoms with van der Waals surface area (Å²) < 4.78 is 1.94. The summed E-state index contributed by atoms with van der Waals surface area (Å²) in [6.45, 7) is 0. The van der Waals surface area contributed by atoms with E-state index in [9.17, 15) is 14.7 Å². The fraction of sp³-hybridized carbons (Fsp3) is 0.105. The van der Waals surface area contributed by atoms with E-state index in [1.807, 2.05) is 54.6 Å². The Morgan fingerprint density at radius 3 is 2.35 bits per heavy atom. The molecular weight excluding hydrogens is 350 g/mol. The molecule has 0 fully saturated rings. The van der Waals surface area contributed by atoms with Crippen molar-refractivity contribution in [2.24, 2.45) is 19.1 Å². The SMILES string of the molecule is Cn1c(O)c(C=Nc2ccccc2Sc2ccccc2)c(=O)n(C)c1=O. The number of para-hydroxylation sites is 1. The Morgan fingerprint density at radius 1 is 0.962 bits per heavy atom. The van der Waals surface area contributed by atoms with E-state index >= 15 is 0 Å². The molecule has 6 nitrogen and oxygen atoms in total. The van der Waals surface area contributed by atoms with Crippen LogP contribution in [0.1, 0.15) is 5.56 Å². The van der Waals surface area contributed by atoms with E-state index in [4.69, 9.17) is 0 Å². The second-order valence-corrected chi connectivity index (χ2v) is 6.70. The molecule has 0 atom stereocenters. The van der Waals surface area contributed by atoms with Crippen molar-refractivity contribution in [1.82, 2.24) is 9.13 Å². The highest BCUT2D eigenvalue weighted by Gasteiger charge is 2.13. The van der Waals surface area contributed by atoms with Crippen LogP contribution < -0.4 is 11.2 Å². The number of hydrogen-bond acceptors (Lipinski definition) is 5. The first kappa shape index (κ1) is 17.8. The zero-order chi connectivity index (χ0) is 18.7. The summed E-state index contributed by atoms with van der Waals surface area (Å²) in [4.78, 5) is 30.4. The highest BCUT2D eigenvalue weighted by molar-refractivity contribution is 7.99. The van der Waals surface area contributed by atoms with Crippen LogP contribution in [0.3, 0.4) is 0 Å². The Morgan fingerprint density at radius 2 is 1.62 bits per heavy atom. The minimum absolute atomic E-state index is 0.0332. The van der Waals surface area contributed by atoms with Crippen LogP contribution in [-0.2, 0) is 14.1 Å². The van der Waals surface area contributed by atoms with Gasteiger partial charge in [-0.05, 0) is 24.3 Å². The second kappa shape index (κ2) is 7.45. The van der Waals surface area contributed by atoms with Gasteiger partial charge in [0.1, 0.15) is 5.56 Å².